The van der Waals surface area contributed by atoms with Crippen LogP contribution in [0.1, 0.15) is 18.9 Å². The van der Waals surface area contributed by atoms with Crippen LogP contribution in [0.4, 0.5) is 0 Å². The third kappa shape index (κ3) is 5.97. The number of hydrogen-bond donors (Lipinski definition) is 2. The van der Waals surface area contributed by atoms with Gasteiger partial charge in [0.1, 0.15) is 0 Å². The van der Waals surface area contributed by atoms with Gasteiger partial charge in [-0.2, -0.15) is 0 Å². The lowest BCUT2D eigenvalue weighted by atomic mass is 9.98. The predicted molar refractivity (Wildman–Crippen MR) is 116 cm³/mol. The van der Waals surface area contributed by atoms with E-state index in [1.807, 2.05) is 42.7 Å². The fourth-order valence-corrected chi connectivity index (χ4v) is 3.40. The van der Waals surface area contributed by atoms with Crippen molar-refractivity contribution in [1.82, 2.24) is 15.2 Å². The first-order valence-corrected chi connectivity index (χ1v) is 10.2. The van der Waals surface area contributed by atoms with Crippen LogP contribution in [-0.4, -0.2) is 54.5 Å². The van der Waals surface area contributed by atoms with Gasteiger partial charge in [0.25, 0.3) is 5.91 Å². The van der Waals surface area contributed by atoms with Gasteiger partial charge in [-0.05, 0) is 31.2 Å². The van der Waals surface area contributed by atoms with E-state index in [-0.39, 0.29) is 19.1 Å². The average molecular weight is 425 g/mol. The number of ether oxygens (including phenoxy) is 2. The number of fused-ring (bicyclic) bond motifs is 1. The summed E-state index contributed by atoms with van der Waals surface area (Å²) in [5.41, 5.74) is 2.42. The van der Waals surface area contributed by atoms with Crippen molar-refractivity contribution < 1.29 is 23.9 Å². The molecule has 8 nitrogen and oxygen atoms in total. The van der Waals surface area contributed by atoms with E-state index in [4.69, 9.17) is 9.47 Å². The maximum atomic E-state index is 12.4. The largest absolute Gasteiger partial charge is 0.466 e. The molecule has 0 saturated heterocycles. The molecular weight excluding hydrogens is 398 g/mol. The lowest BCUT2D eigenvalue weighted by Gasteiger charge is -2.17. The van der Waals surface area contributed by atoms with E-state index < -0.39 is 24.4 Å². The summed E-state index contributed by atoms with van der Waals surface area (Å²) in [6, 6.07) is 7.81. The molecule has 1 atom stereocenters. The number of para-hydroxylation sites is 1. The minimum Gasteiger partial charge on any atom is -0.466 e. The number of carbonyl (C=O) groups is 3. The topological polar surface area (TPSA) is 101 Å². The first kappa shape index (κ1) is 22.1. The fraction of sp³-hybridized carbons (Fsp3) is 0.348. The van der Waals surface area contributed by atoms with E-state index in [2.05, 4.69) is 10.3 Å². The molecule has 0 aliphatic carbocycles. The minimum absolute atomic E-state index is 0.0862. The predicted octanol–water partition coefficient (Wildman–Crippen LogP) is 2.28. The fourth-order valence-electron chi connectivity index (χ4n) is 3.40. The van der Waals surface area contributed by atoms with E-state index in [9.17, 15) is 14.4 Å². The van der Waals surface area contributed by atoms with E-state index >= 15 is 0 Å². The highest BCUT2D eigenvalue weighted by Crippen LogP contribution is 2.21. The number of H-pyrrole nitrogens is 1. The second kappa shape index (κ2) is 10.5. The van der Waals surface area contributed by atoms with Gasteiger partial charge in [0.2, 0.25) is 0 Å². The number of carbonyl (C=O) groups excluding carboxylic acids is 3. The molecule has 3 rings (SSSR count). The molecule has 1 aliphatic heterocycles. The van der Waals surface area contributed by atoms with E-state index in [1.165, 1.54) is 0 Å². The SMILES string of the molecule is CCOC(=O)C(CNC(=O)COC(=O)C1=CN(C)C=CC1)Cc1c[nH]c2ccccc12. The van der Waals surface area contributed by atoms with Crippen LogP contribution in [0.25, 0.3) is 10.9 Å². The molecule has 0 saturated carbocycles. The van der Waals surface area contributed by atoms with Gasteiger partial charge >= 0.3 is 11.9 Å². The molecule has 0 fully saturated rings. The second-order valence-electron chi connectivity index (χ2n) is 7.30. The Kier molecular flexibility index (Phi) is 7.48. The molecule has 1 amide bonds. The van der Waals surface area contributed by atoms with Crippen LogP contribution in [-0.2, 0) is 30.3 Å². The highest BCUT2D eigenvalue weighted by Gasteiger charge is 2.23. The second-order valence-corrected chi connectivity index (χ2v) is 7.30. The van der Waals surface area contributed by atoms with Crippen LogP contribution in [0.5, 0.6) is 0 Å². The summed E-state index contributed by atoms with van der Waals surface area (Å²) in [7, 11) is 1.80. The Labute approximate surface area is 180 Å². The number of esters is 2. The Morgan fingerprint density at radius 2 is 2.03 bits per heavy atom. The van der Waals surface area contributed by atoms with Crippen molar-refractivity contribution in [2.75, 3.05) is 26.8 Å². The molecule has 1 unspecified atom stereocenters. The average Bonchev–Trinajstić information content (AvgIpc) is 3.18. The Balaban J connectivity index is 1.55. The van der Waals surface area contributed by atoms with Gasteiger partial charge in [-0.25, -0.2) is 4.79 Å². The number of benzene rings is 1. The zero-order valence-corrected chi connectivity index (χ0v) is 17.7. The molecule has 0 spiro atoms. The smallest absolute Gasteiger partial charge is 0.336 e. The first-order chi connectivity index (χ1) is 15.0. The van der Waals surface area contributed by atoms with Gasteiger partial charge in [-0.15, -0.1) is 0 Å². The summed E-state index contributed by atoms with van der Waals surface area (Å²) in [6.07, 6.45) is 8.08. The molecular formula is C23H27N3O5. The molecule has 1 aromatic heterocycles. The number of aromatic amines is 1. The summed E-state index contributed by atoms with van der Waals surface area (Å²) in [5, 5.41) is 3.70. The molecule has 164 valence electrons. The molecule has 0 radical (unpaired) electrons. The van der Waals surface area contributed by atoms with Gasteiger partial charge in [0, 0.05) is 43.3 Å². The summed E-state index contributed by atoms with van der Waals surface area (Å²) in [5.74, 6) is -1.94. The molecule has 1 aliphatic rings. The summed E-state index contributed by atoms with van der Waals surface area (Å²) >= 11 is 0. The van der Waals surface area contributed by atoms with Crippen molar-refractivity contribution in [3.63, 3.8) is 0 Å². The Morgan fingerprint density at radius 1 is 1.23 bits per heavy atom. The number of hydrogen-bond acceptors (Lipinski definition) is 6. The summed E-state index contributed by atoms with van der Waals surface area (Å²) < 4.78 is 10.3. The Morgan fingerprint density at radius 3 is 2.81 bits per heavy atom. The first-order valence-electron chi connectivity index (χ1n) is 10.2. The molecule has 0 bridgehead atoms. The number of rotatable bonds is 9. The zero-order chi connectivity index (χ0) is 22.2. The zero-order valence-electron chi connectivity index (χ0n) is 17.7. The van der Waals surface area contributed by atoms with Crippen molar-refractivity contribution in [1.29, 1.82) is 0 Å². The number of amides is 1. The van der Waals surface area contributed by atoms with Crippen LogP contribution in [0, 0.1) is 5.92 Å². The molecule has 2 N–H and O–H groups in total. The standard InChI is InChI=1S/C23H27N3O5/c1-3-30-23(29)18(11-17-12-24-20-9-5-4-8-19(17)20)13-25-21(27)15-31-22(28)16-7-6-10-26(2)14-16/h4-6,8-10,12,14,18,24H,3,7,11,13,15H2,1-2H3,(H,25,27). The number of aromatic nitrogens is 1. The number of nitrogens with zero attached hydrogens (tertiary/aromatic N) is 1. The van der Waals surface area contributed by atoms with Crippen LogP contribution in [0.3, 0.4) is 0 Å². The van der Waals surface area contributed by atoms with Crippen molar-refractivity contribution in [3.8, 4) is 0 Å². The van der Waals surface area contributed by atoms with Crippen molar-refractivity contribution >= 4 is 28.7 Å². The summed E-state index contributed by atoms with van der Waals surface area (Å²) in [4.78, 5) is 41.7. The van der Waals surface area contributed by atoms with Crippen LogP contribution in [0.2, 0.25) is 0 Å². The lowest BCUT2D eigenvalue weighted by molar-refractivity contribution is -0.149. The number of allylic oxidation sites excluding steroid dienone is 1. The quantitative estimate of drug-likeness (QED) is 0.598. The normalized spacial score (nSPS) is 14.1. The monoisotopic (exact) mass is 425 g/mol. The molecule has 8 heteroatoms. The Bertz CT molecular complexity index is 1010. The highest BCUT2D eigenvalue weighted by molar-refractivity contribution is 5.91. The Hall–Kier alpha value is -3.55. The van der Waals surface area contributed by atoms with Crippen molar-refractivity contribution in [3.05, 3.63) is 60.1 Å². The molecule has 31 heavy (non-hydrogen) atoms. The van der Waals surface area contributed by atoms with Gasteiger partial charge < -0.3 is 24.7 Å². The molecule has 1 aromatic carbocycles. The van der Waals surface area contributed by atoms with Gasteiger partial charge in [-0.1, -0.05) is 24.3 Å². The van der Waals surface area contributed by atoms with Gasteiger partial charge in [0.05, 0.1) is 18.1 Å². The third-order valence-electron chi connectivity index (χ3n) is 4.94. The van der Waals surface area contributed by atoms with Crippen molar-refractivity contribution in [2.24, 2.45) is 5.92 Å². The van der Waals surface area contributed by atoms with Crippen LogP contribution in [0.15, 0.2) is 54.5 Å². The minimum atomic E-state index is -0.557. The molecule has 2 aromatic rings. The van der Waals surface area contributed by atoms with Crippen LogP contribution < -0.4 is 5.32 Å². The maximum Gasteiger partial charge on any atom is 0.336 e. The summed E-state index contributed by atoms with van der Waals surface area (Å²) in [6.45, 7) is 1.67. The van der Waals surface area contributed by atoms with E-state index in [0.717, 1.165) is 16.5 Å². The third-order valence-corrected chi connectivity index (χ3v) is 4.94. The number of nitrogens with one attached hydrogen (secondary N) is 2. The van der Waals surface area contributed by atoms with Crippen molar-refractivity contribution in [2.45, 2.75) is 19.8 Å². The molecule has 2 heterocycles. The maximum absolute atomic E-state index is 12.4. The highest BCUT2D eigenvalue weighted by atomic mass is 16.5. The van der Waals surface area contributed by atoms with E-state index in [0.29, 0.717) is 18.4 Å². The van der Waals surface area contributed by atoms with Gasteiger partial charge in [0.15, 0.2) is 6.61 Å². The van der Waals surface area contributed by atoms with E-state index in [1.54, 1.807) is 25.1 Å². The van der Waals surface area contributed by atoms with Crippen LogP contribution >= 0.6 is 0 Å². The lowest BCUT2D eigenvalue weighted by Crippen LogP contribution is -2.37. The van der Waals surface area contributed by atoms with Gasteiger partial charge in [-0.3, -0.25) is 9.59 Å².